The van der Waals surface area contributed by atoms with Crippen molar-refractivity contribution in [3.63, 3.8) is 0 Å². The molecule has 0 aliphatic heterocycles. The maximum absolute atomic E-state index is 10.9. The molecule has 1 aromatic carbocycles. The summed E-state index contributed by atoms with van der Waals surface area (Å²) in [5, 5.41) is 14.4. The minimum absolute atomic E-state index is 0.116. The first kappa shape index (κ1) is 13.3. The van der Waals surface area contributed by atoms with Gasteiger partial charge in [-0.2, -0.15) is 0 Å². The van der Waals surface area contributed by atoms with Crippen molar-refractivity contribution in [1.82, 2.24) is 0 Å². The molecule has 0 saturated heterocycles. The SMILES string of the molecule is Cc1cc(NC2(C)CCCC2)c(Br)cc1[N+](=O)[O-]. The van der Waals surface area contributed by atoms with Crippen molar-refractivity contribution in [1.29, 1.82) is 0 Å². The molecule has 1 aliphatic rings. The highest BCUT2D eigenvalue weighted by molar-refractivity contribution is 9.10. The lowest BCUT2D eigenvalue weighted by molar-refractivity contribution is -0.385. The summed E-state index contributed by atoms with van der Waals surface area (Å²) in [4.78, 5) is 10.5. The van der Waals surface area contributed by atoms with Crippen LogP contribution in [0.1, 0.15) is 38.2 Å². The Kier molecular flexibility index (Phi) is 3.61. The van der Waals surface area contributed by atoms with Gasteiger partial charge in [-0.3, -0.25) is 10.1 Å². The smallest absolute Gasteiger partial charge is 0.273 e. The van der Waals surface area contributed by atoms with Crippen molar-refractivity contribution >= 4 is 27.3 Å². The number of nitro benzene ring substituents is 1. The van der Waals surface area contributed by atoms with Crippen LogP contribution in [0.25, 0.3) is 0 Å². The second kappa shape index (κ2) is 4.88. The lowest BCUT2D eigenvalue weighted by atomic mass is 10.00. The maximum atomic E-state index is 10.9. The Morgan fingerprint density at radius 2 is 2.00 bits per heavy atom. The zero-order valence-corrected chi connectivity index (χ0v) is 12.2. The van der Waals surface area contributed by atoms with Gasteiger partial charge in [-0.15, -0.1) is 0 Å². The number of nitrogens with one attached hydrogen (secondary N) is 1. The Balaban J connectivity index is 2.29. The third-order valence-corrected chi connectivity index (χ3v) is 4.28. The first-order valence-electron chi connectivity index (χ1n) is 6.14. The van der Waals surface area contributed by atoms with Crippen LogP contribution < -0.4 is 5.32 Å². The summed E-state index contributed by atoms with van der Waals surface area (Å²) < 4.78 is 0.757. The summed E-state index contributed by atoms with van der Waals surface area (Å²) in [5.74, 6) is 0. The molecular weight excluding hydrogens is 296 g/mol. The van der Waals surface area contributed by atoms with E-state index < -0.39 is 0 Å². The molecular formula is C13H17BrN2O2. The fraction of sp³-hybridized carbons (Fsp3) is 0.538. The van der Waals surface area contributed by atoms with Crippen molar-refractivity contribution in [2.45, 2.75) is 45.1 Å². The van der Waals surface area contributed by atoms with Gasteiger partial charge in [-0.05, 0) is 48.7 Å². The normalized spacial score (nSPS) is 17.7. The van der Waals surface area contributed by atoms with Crippen LogP contribution in [0, 0.1) is 17.0 Å². The van der Waals surface area contributed by atoms with Crippen molar-refractivity contribution in [2.24, 2.45) is 0 Å². The molecule has 1 aromatic rings. The van der Waals surface area contributed by atoms with Gasteiger partial charge in [0.25, 0.3) is 5.69 Å². The molecule has 1 N–H and O–H groups in total. The maximum Gasteiger partial charge on any atom is 0.273 e. The fourth-order valence-electron chi connectivity index (χ4n) is 2.57. The third-order valence-electron chi connectivity index (χ3n) is 3.63. The third kappa shape index (κ3) is 2.66. The van der Waals surface area contributed by atoms with Gasteiger partial charge in [-0.25, -0.2) is 0 Å². The quantitative estimate of drug-likeness (QED) is 0.664. The number of benzene rings is 1. The molecule has 0 aromatic heterocycles. The highest BCUT2D eigenvalue weighted by Crippen LogP contribution is 2.37. The monoisotopic (exact) mass is 312 g/mol. The molecule has 0 amide bonds. The number of rotatable bonds is 3. The van der Waals surface area contributed by atoms with E-state index in [2.05, 4.69) is 28.2 Å². The zero-order valence-electron chi connectivity index (χ0n) is 10.6. The molecule has 0 bridgehead atoms. The Labute approximate surface area is 115 Å². The minimum atomic E-state index is -0.346. The highest BCUT2D eigenvalue weighted by Gasteiger charge is 2.29. The molecule has 0 unspecified atom stereocenters. The van der Waals surface area contributed by atoms with Gasteiger partial charge in [0.05, 0.1) is 4.92 Å². The Morgan fingerprint density at radius 3 is 2.56 bits per heavy atom. The van der Waals surface area contributed by atoms with Gasteiger partial charge in [0, 0.05) is 27.3 Å². The van der Waals surface area contributed by atoms with Crippen molar-refractivity contribution < 1.29 is 4.92 Å². The molecule has 0 spiro atoms. The predicted molar refractivity (Wildman–Crippen MR) is 76.0 cm³/mol. The number of nitrogens with zero attached hydrogens (tertiary/aromatic N) is 1. The minimum Gasteiger partial charge on any atom is -0.379 e. The lowest BCUT2D eigenvalue weighted by Gasteiger charge is -2.27. The summed E-state index contributed by atoms with van der Waals surface area (Å²) in [6.07, 6.45) is 4.78. The fourth-order valence-corrected chi connectivity index (χ4v) is 3.00. The Morgan fingerprint density at radius 1 is 1.39 bits per heavy atom. The van der Waals surface area contributed by atoms with Crippen molar-refractivity contribution in [3.05, 3.63) is 32.3 Å². The second-order valence-corrected chi connectivity index (χ2v) is 6.12. The molecule has 5 heteroatoms. The first-order chi connectivity index (χ1) is 8.41. The molecule has 0 heterocycles. The van der Waals surface area contributed by atoms with Crippen molar-refractivity contribution in [2.75, 3.05) is 5.32 Å². The Hall–Kier alpha value is -1.10. The number of anilines is 1. The summed E-state index contributed by atoms with van der Waals surface area (Å²) in [7, 11) is 0. The molecule has 2 rings (SSSR count). The number of hydrogen-bond acceptors (Lipinski definition) is 3. The van der Waals surface area contributed by atoms with Crippen LogP contribution >= 0.6 is 15.9 Å². The van der Waals surface area contributed by atoms with Gasteiger partial charge < -0.3 is 5.32 Å². The van der Waals surface area contributed by atoms with Gasteiger partial charge in [0.1, 0.15) is 0 Å². The van der Waals surface area contributed by atoms with E-state index in [1.54, 1.807) is 13.0 Å². The first-order valence-corrected chi connectivity index (χ1v) is 6.93. The van der Waals surface area contributed by atoms with E-state index >= 15 is 0 Å². The average Bonchev–Trinajstić information content (AvgIpc) is 2.69. The van der Waals surface area contributed by atoms with E-state index in [9.17, 15) is 10.1 Å². The predicted octanol–water partition coefficient (Wildman–Crippen LogP) is 4.41. The number of hydrogen-bond donors (Lipinski definition) is 1. The van der Waals surface area contributed by atoms with Gasteiger partial charge in [0.15, 0.2) is 0 Å². The average molecular weight is 313 g/mol. The Bertz CT molecular complexity index is 482. The van der Waals surface area contributed by atoms with Gasteiger partial charge in [0.2, 0.25) is 0 Å². The molecule has 0 atom stereocenters. The van der Waals surface area contributed by atoms with Crippen LogP contribution in [-0.4, -0.2) is 10.5 Å². The summed E-state index contributed by atoms with van der Waals surface area (Å²) >= 11 is 3.41. The molecule has 1 fully saturated rings. The second-order valence-electron chi connectivity index (χ2n) is 5.27. The van der Waals surface area contributed by atoms with Crippen molar-refractivity contribution in [3.8, 4) is 0 Å². The molecule has 1 aliphatic carbocycles. The molecule has 4 nitrogen and oxygen atoms in total. The van der Waals surface area contributed by atoms with Crippen LogP contribution in [0.3, 0.4) is 0 Å². The van der Waals surface area contributed by atoms with E-state index in [-0.39, 0.29) is 16.1 Å². The van der Waals surface area contributed by atoms with Crippen LogP contribution in [0.4, 0.5) is 11.4 Å². The van der Waals surface area contributed by atoms with Crippen LogP contribution in [0.15, 0.2) is 16.6 Å². The van der Waals surface area contributed by atoms with E-state index in [1.807, 2.05) is 6.07 Å². The number of aryl methyl sites for hydroxylation is 1. The molecule has 1 saturated carbocycles. The van der Waals surface area contributed by atoms with Crippen LogP contribution in [-0.2, 0) is 0 Å². The topological polar surface area (TPSA) is 55.2 Å². The molecule has 18 heavy (non-hydrogen) atoms. The highest BCUT2D eigenvalue weighted by atomic mass is 79.9. The number of nitro groups is 1. The van der Waals surface area contributed by atoms with E-state index in [1.165, 1.54) is 12.8 Å². The summed E-state index contributed by atoms with van der Waals surface area (Å²) in [6.45, 7) is 3.98. The largest absolute Gasteiger partial charge is 0.379 e. The van der Waals surface area contributed by atoms with Gasteiger partial charge >= 0.3 is 0 Å². The molecule has 98 valence electrons. The lowest BCUT2D eigenvalue weighted by Crippen LogP contribution is -2.30. The zero-order chi connectivity index (χ0) is 13.3. The standard InChI is InChI=1S/C13H17BrN2O2/c1-9-7-11(10(14)8-12(9)16(17)18)15-13(2)5-3-4-6-13/h7-8,15H,3-6H2,1-2H3. The summed E-state index contributed by atoms with van der Waals surface area (Å²) in [6, 6.07) is 3.43. The van der Waals surface area contributed by atoms with E-state index in [0.29, 0.717) is 5.56 Å². The van der Waals surface area contributed by atoms with Crippen LogP contribution in [0.5, 0.6) is 0 Å². The van der Waals surface area contributed by atoms with E-state index in [4.69, 9.17) is 0 Å². The van der Waals surface area contributed by atoms with Gasteiger partial charge in [-0.1, -0.05) is 12.8 Å². The van der Waals surface area contributed by atoms with E-state index in [0.717, 1.165) is 23.0 Å². The number of halogens is 1. The summed E-state index contributed by atoms with van der Waals surface area (Å²) in [5.41, 5.74) is 1.91. The molecule has 0 radical (unpaired) electrons. The van der Waals surface area contributed by atoms with Crippen LogP contribution in [0.2, 0.25) is 0 Å².